The maximum atomic E-state index is 12.0. The Morgan fingerprint density at radius 3 is 3.04 bits per heavy atom. The van der Waals surface area contributed by atoms with Gasteiger partial charge in [0, 0.05) is 19.8 Å². The molecule has 0 aliphatic rings. The number of nitrogens with zero attached hydrogens (tertiary/aromatic N) is 5. The van der Waals surface area contributed by atoms with Crippen LogP contribution in [-0.2, 0) is 18.4 Å². The molecule has 0 saturated carbocycles. The Balaban J connectivity index is 1.58. The van der Waals surface area contributed by atoms with Crippen molar-refractivity contribution in [3.63, 3.8) is 0 Å². The summed E-state index contributed by atoms with van der Waals surface area (Å²) in [4.78, 5) is 17.5. The van der Waals surface area contributed by atoms with E-state index in [4.69, 9.17) is 0 Å². The lowest BCUT2D eigenvalue weighted by Gasteiger charge is -2.08. The summed E-state index contributed by atoms with van der Waals surface area (Å²) in [5.74, 6) is 0.196. The summed E-state index contributed by atoms with van der Waals surface area (Å²) in [7, 11) is 1.74. The molecule has 7 nitrogen and oxygen atoms in total. The van der Waals surface area contributed by atoms with E-state index in [9.17, 15) is 4.79 Å². The van der Waals surface area contributed by atoms with E-state index in [2.05, 4.69) is 25.8 Å². The number of carbonyl (C=O) groups excluding carboxylic acids is 1. The average molecular weight is 346 g/mol. The molecule has 0 spiro atoms. The third-order valence-electron chi connectivity index (χ3n) is 3.04. The quantitative estimate of drug-likeness (QED) is 0.684. The molecule has 3 aromatic rings. The number of amides is 1. The van der Waals surface area contributed by atoms with Crippen LogP contribution in [0, 0.1) is 0 Å². The zero-order chi connectivity index (χ0) is 16.1. The molecule has 0 aliphatic carbocycles. The van der Waals surface area contributed by atoms with Crippen LogP contribution in [0.3, 0.4) is 0 Å². The van der Waals surface area contributed by atoms with Gasteiger partial charge in [0.15, 0.2) is 0 Å². The van der Waals surface area contributed by atoms with Crippen molar-refractivity contribution in [3.8, 4) is 10.6 Å². The number of thiophene rings is 1. The van der Waals surface area contributed by atoms with Gasteiger partial charge in [0.25, 0.3) is 0 Å². The van der Waals surface area contributed by atoms with Crippen LogP contribution in [0.25, 0.3) is 10.6 Å². The first-order valence-electron chi connectivity index (χ1n) is 6.83. The van der Waals surface area contributed by atoms with Crippen LogP contribution in [0.1, 0.15) is 5.56 Å². The first-order valence-corrected chi connectivity index (χ1v) is 8.70. The smallest absolute Gasteiger partial charge is 0.230 e. The number of tetrazole rings is 1. The second-order valence-corrected chi connectivity index (χ2v) is 6.53. The third kappa shape index (κ3) is 3.93. The van der Waals surface area contributed by atoms with Crippen molar-refractivity contribution < 1.29 is 4.79 Å². The Kier molecular flexibility index (Phi) is 4.99. The van der Waals surface area contributed by atoms with E-state index in [1.165, 1.54) is 16.4 Å². The third-order valence-corrected chi connectivity index (χ3v) is 4.92. The molecule has 3 rings (SSSR count). The van der Waals surface area contributed by atoms with E-state index < -0.39 is 0 Å². The number of thioether (sulfide) groups is 1. The van der Waals surface area contributed by atoms with E-state index in [1.807, 2.05) is 29.6 Å². The van der Waals surface area contributed by atoms with Gasteiger partial charge in [-0.25, -0.2) is 4.68 Å². The minimum absolute atomic E-state index is 0.0704. The molecule has 0 fully saturated rings. The average Bonchev–Trinajstić information content (AvgIpc) is 3.23. The van der Waals surface area contributed by atoms with Crippen molar-refractivity contribution in [2.45, 2.75) is 11.7 Å². The van der Waals surface area contributed by atoms with Gasteiger partial charge < -0.3 is 5.32 Å². The largest absolute Gasteiger partial charge is 0.351 e. The standard InChI is InChI=1S/C14H14N6OS2/c1-20-14(17-18-19-20)23-9-12(21)16-8-10-4-2-6-15-13(10)11-5-3-7-22-11/h2-7H,8-9H2,1H3,(H,16,21). The van der Waals surface area contributed by atoms with Gasteiger partial charge >= 0.3 is 0 Å². The lowest BCUT2D eigenvalue weighted by molar-refractivity contribution is -0.118. The monoisotopic (exact) mass is 346 g/mol. The molecule has 0 unspecified atom stereocenters. The molecule has 0 bridgehead atoms. The molecule has 118 valence electrons. The van der Waals surface area contributed by atoms with Gasteiger partial charge in [0.1, 0.15) is 0 Å². The summed E-state index contributed by atoms with van der Waals surface area (Å²) in [6.07, 6.45) is 1.76. The number of rotatable bonds is 6. The Labute approximate surface area is 141 Å². The molecule has 9 heteroatoms. The minimum Gasteiger partial charge on any atom is -0.351 e. The van der Waals surface area contributed by atoms with Crippen LogP contribution in [0.4, 0.5) is 0 Å². The lowest BCUT2D eigenvalue weighted by Crippen LogP contribution is -2.25. The fourth-order valence-electron chi connectivity index (χ4n) is 1.93. The molecular weight excluding hydrogens is 332 g/mol. The fourth-order valence-corrected chi connectivity index (χ4v) is 3.37. The Morgan fingerprint density at radius 2 is 2.30 bits per heavy atom. The number of carbonyl (C=O) groups is 1. The van der Waals surface area contributed by atoms with Gasteiger partial charge in [-0.15, -0.1) is 16.4 Å². The summed E-state index contributed by atoms with van der Waals surface area (Å²) in [6, 6.07) is 7.86. The topological polar surface area (TPSA) is 85.6 Å². The summed E-state index contributed by atoms with van der Waals surface area (Å²) in [5.41, 5.74) is 1.90. The predicted octanol–water partition coefficient (Wildman–Crippen LogP) is 1.74. The Morgan fingerprint density at radius 1 is 1.39 bits per heavy atom. The van der Waals surface area contributed by atoms with Crippen molar-refractivity contribution in [2.24, 2.45) is 7.05 Å². The van der Waals surface area contributed by atoms with Crippen LogP contribution in [0.5, 0.6) is 0 Å². The first kappa shape index (κ1) is 15.6. The van der Waals surface area contributed by atoms with Gasteiger partial charge in [-0.2, -0.15) is 0 Å². The number of aromatic nitrogens is 5. The zero-order valence-electron chi connectivity index (χ0n) is 12.3. The number of hydrogen-bond donors (Lipinski definition) is 1. The fraction of sp³-hybridized carbons (Fsp3) is 0.214. The van der Waals surface area contributed by atoms with Crippen molar-refractivity contribution in [1.29, 1.82) is 0 Å². The highest BCUT2D eigenvalue weighted by molar-refractivity contribution is 7.99. The zero-order valence-corrected chi connectivity index (χ0v) is 14.0. The number of nitrogens with one attached hydrogen (secondary N) is 1. The molecule has 0 aromatic carbocycles. The molecular formula is C14H14N6OS2. The Bertz CT molecular complexity index is 786. The van der Waals surface area contributed by atoms with Crippen LogP contribution in [-0.4, -0.2) is 36.9 Å². The second kappa shape index (κ2) is 7.34. The highest BCUT2D eigenvalue weighted by Gasteiger charge is 2.10. The summed E-state index contributed by atoms with van der Waals surface area (Å²) in [5, 5.41) is 16.6. The van der Waals surface area contributed by atoms with Crippen molar-refractivity contribution in [2.75, 3.05) is 5.75 Å². The molecule has 23 heavy (non-hydrogen) atoms. The molecule has 0 atom stereocenters. The van der Waals surface area contributed by atoms with E-state index in [1.54, 1.807) is 24.6 Å². The van der Waals surface area contributed by atoms with Gasteiger partial charge in [-0.1, -0.05) is 23.9 Å². The van der Waals surface area contributed by atoms with Crippen LogP contribution in [0.15, 0.2) is 41.0 Å². The van der Waals surface area contributed by atoms with Crippen LogP contribution < -0.4 is 5.32 Å². The van der Waals surface area contributed by atoms with Crippen LogP contribution >= 0.6 is 23.1 Å². The first-order chi connectivity index (χ1) is 11.2. The molecule has 0 saturated heterocycles. The van der Waals surface area contributed by atoms with E-state index in [0.29, 0.717) is 11.7 Å². The van der Waals surface area contributed by atoms with Gasteiger partial charge in [-0.3, -0.25) is 9.78 Å². The molecule has 1 amide bonds. The van der Waals surface area contributed by atoms with E-state index in [-0.39, 0.29) is 11.7 Å². The van der Waals surface area contributed by atoms with Crippen molar-refractivity contribution in [1.82, 2.24) is 30.5 Å². The molecule has 3 aromatic heterocycles. The summed E-state index contributed by atoms with van der Waals surface area (Å²) >= 11 is 2.93. The second-order valence-electron chi connectivity index (χ2n) is 4.64. The van der Waals surface area contributed by atoms with Crippen molar-refractivity contribution >= 4 is 29.0 Å². The number of hydrogen-bond acceptors (Lipinski definition) is 7. The highest BCUT2D eigenvalue weighted by Crippen LogP contribution is 2.25. The van der Waals surface area contributed by atoms with E-state index >= 15 is 0 Å². The summed E-state index contributed by atoms with van der Waals surface area (Å²) < 4.78 is 1.54. The summed E-state index contributed by atoms with van der Waals surface area (Å²) in [6.45, 7) is 0.442. The molecule has 0 radical (unpaired) electrons. The number of aryl methyl sites for hydroxylation is 1. The van der Waals surface area contributed by atoms with Gasteiger partial charge in [0.2, 0.25) is 11.1 Å². The van der Waals surface area contributed by atoms with Gasteiger partial charge in [-0.05, 0) is 33.5 Å². The number of pyridine rings is 1. The maximum absolute atomic E-state index is 12.0. The molecule has 0 aliphatic heterocycles. The normalized spacial score (nSPS) is 10.7. The molecule has 3 heterocycles. The minimum atomic E-state index is -0.0704. The lowest BCUT2D eigenvalue weighted by atomic mass is 10.1. The van der Waals surface area contributed by atoms with Crippen LogP contribution in [0.2, 0.25) is 0 Å². The SMILES string of the molecule is Cn1nnnc1SCC(=O)NCc1cccnc1-c1cccs1. The van der Waals surface area contributed by atoms with E-state index in [0.717, 1.165) is 16.1 Å². The predicted molar refractivity (Wildman–Crippen MR) is 88.9 cm³/mol. The maximum Gasteiger partial charge on any atom is 0.230 e. The highest BCUT2D eigenvalue weighted by atomic mass is 32.2. The molecule has 1 N–H and O–H groups in total. The van der Waals surface area contributed by atoms with Gasteiger partial charge in [0.05, 0.1) is 16.3 Å². The Hall–Kier alpha value is -2.26. The van der Waals surface area contributed by atoms with Crippen molar-refractivity contribution in [3.05, 3.63) is 41.4 Å².